The average molecular weight is 607 g/mol. The largest absolute Gasteiger partial charge is 0.493 e. The summed E-state index contributed by atoms with van der Waals surface area (Å²) in [5.41, 5.74) is 3.21. The highest BCUT2D eigenvalue weighted by atomic mass is 19.1. The molecule has 3 aromatic rings. The summed E-state index contributed by atoms with van der Waals surface area (Å²) in [6.45, 7) is 14.0. The van der Waals surface area contributed by atoms with Crippen LogP contribution in [-0.4, -0.2) is 50.3 Å². The predicted octanol–water partition coefficient (Wildman–Crippen LogP) is 6.77. The lowest BCUT2D eigenvalue weighted by Crippen LogP contribution is -2.40. The summed E-state index contributed by atoms with van der Waals surface area (Å²) in [6, 6.07) is 22.7. The molecule has 1 heterocycles. The van der Waals surface area contributed by atoms with Crippen LogP contribution in [0.5, 0.6) is 11.5 Å². The molecule has 3 aromatic carbocycles. The molecule has 0 radical (unpaired) electrons. The number of ether oxygens (including phenoxy) is 2. The van der Waals surface area contributed by atoms with E-state index in [-0.39, 0.29) is 11.8 Å². The number of nitrogens with zero attached hydrogens (tertiary/aromatic N) is 1. The molecule has 1 fully saturated rings. The van der Waals surface area contributed by atoms with Gasteiger partial charge in [0, 0.05) is 25.7 Å². The van der Waals surface area contributed by atoms with Gasteiger partial charge in [-0.1, -0.05) is 64.1 Å². The Kier molecular flexibility index (Phi) is 15.0. The number of carbonyl (C=O) groups excluding carboxylic acids is 1. The minimum absolute atomic E-state index is 0.164. The third-order valence-electron chi connectivity index (χ3n) is 7.15. The van der Waals surface area contributed by atoms with Crippen molar-refractivity contribution in [3.63, 3.8) is 0 Å². The first kappa shape index (κ1) is 34.9. The van der Waals surface area contributed by atoms with Crippen LogP contribution >= 0.6 is 0 Å². The van der Waals surface area contributed by atoms with E-state index in [2.05, 4.69) is 55.6 Å². The van der Waals surface area contributed by atoms with E-state index in [9.17, 15) is 9.18 Å². The molecule has 0 atom stereocenters. The van der Waals surface area contributed by atoms with E-state index in [0.717, 1.165) is 34.7 Å². The normalized spacial score (nSPS) is 13.7. The summed E-state index contributed by atoms with van der Waals surface area (Å²) in [5, 5.41) is 9.26. The van der Waals surface area contributed by atoms with Crippen molar-refractivity contribution in [1.29, 1.82) is 0 Å². The molecule has 1 aliphatic heterocycles. The van der Waals surface area contributed by atoms with Crippen LogP contribution in [0.1, 0.15) is 57.2 Å². The van der Waals surface area contributed by atoms with Gasteiger partial charge in [-0.2, -0.15) is 0 Å². The summed E-state index contributed by atoms with van der Waals surface area (Å²) in [6.07, 6.45) is 2.41. The Morgan fingerprint density at radius 1 is 0.727 bits per heavy atom. The minimum atomic E-state index is -0.194. The van der Waals surface area contributed by atoms with Crippen LogP contribution in [-0.2, 0) is 19.6 Å². The quantitative estimate of drug-likeness (QED) is 0.200. The second kappa shape index (κ2) is 18.9. The van der Waals surface area contributed by atoms with Crippen LogP contribution in [0.4, 0.5) is 9.18 Å². The molecule has 0 aliphatic carbocycles. The Labute approximate surface area is 263 Å². The first-order valence-corrected chi connectivity index (χ1v) is 15.8. The van der Waals surface area contributed by atoms with E-state index < -0.39 is 0 Å². The zero-order valence-corrected chi connectivity index (χ0v) is 27.1. The van der Waals surface area contributed by atoms with Crippen molar-refractivity contribution in [2.24, 2.45) is 11.8 Å². The zero-order chi connectivity index (χ0) is 31.7. The smallest absolute Gasteiger partial charge is 0.315 e. The molecule has 44 heavy (non-hydrogen) atoms. The Hall–Kier alpha value is -3.62. The second-order valence-electron chi connectivity index (χ2n) is 12.3. The molecule has 1 saturated heterocycles. The summed E-state index contributed by atoms with van der Waals surface area (Å²) >= 11 is 0. The van der Waals surface area contributed by atoms with Gasteiger partial charge in [0.2, 0.25) is 0 Å². The summed E-state index contributed by atoms with van der Waals surface area (Å²) in [7, 11) is 2.16. The average Bonchev–Trinajstić information content (AvgIpc) is 3.02. The van der Waals surface area contributed by atoms with Crippen LogP contribution in [0.15, 0.2) is 72.8 Å². The van der Waals surface area contributed by atoms with Gasteiger partial charge in [-0.15, -0.1) is 0 Å². The highest BCUT2D eigenvalue weighted by Crippen LogP contribution is 2.15. The number of urea groups is 1. The van der Waals surface area contributed by atoms with Crippen LogP contribution in [0.25, 0.3) is 0 Å². The van der Waals surface area contributed by atoms with Gasteiger partial charge in [-0.25, -0.2) is 9.18 Å². The lowest BCUT2D eigenvalue weighted by atomic mass is 10.1. The fourth-order valence-electron chi connectivity index (χ4n) is 4.44. The zero-order valence-electron chi connectivity index (χ0n) is 27.1. The number of benzene rings is 3. The number of carbonyl (C=O) groups is 1. The van der Waals surface area contributed by atoms with E-state index >= 15 is 0 Å². The number of hydrogen-bond acceptors (Lipinski definition) is 5. The molecule has 0 aromatic heterocycles. The first-order valence-electron chi connectivity index (χ1n) is 15.8. The van der Waals surface area contributed by atoms with Gasteiger partial charge in [-0.3, -0.25) is 0 Å². The van der Waals surface area contributed by atoms with Gasteiger partial charge >= 0.3 is 6.03 Å². The fourth-order valence-corrected chi connectivity index (χ4v) is 4.44. The van der Waals surface area contributed by atoms with Crippen LogP contribution in [0, 0.1) is 17.7 Å². The molecule has 0 unspecified atom stereocenters. The Morgan fingerprint density at radius 2 is 1.14 bits per heavy atom. The number of piperidine rings is 1. The second-order valence-corrected chi connectivity index (χ2v) is 12.3. The molecule has 0 bridgehead atoms. The number of amides is 2. The standard InChI is InChI=1S/C23H32N2O3.C13H19FN2/c1-17(2)15-27-21-9-5-19(6-10-21)13-24-23(26)25-14-20-7-11-22(12-8-20)28-16-18(3)4;1-16-8-6-13(7-9-16)15-10-11-2-4-12(14)5-3-11/h5-12,17-18H,13-16H2,1-4H3,(H2,24,25,26);2-5,13,15H,6-10H2,1H3. The number of rotatable bonds is 13. The lowest BCUT2D eigenvalue weighted by Gasteiger charge is -2.29. The Morgan fingerprint density at radius 3 is 1.57 bits per heavy atom. The van der Waals surface area contributed by atoms with Crippen LogP contribution < -0.4 is 25.4 Å². The maximum Gasteiger partial charge on any atom is 0.315 e. The molecule has 1 aliphatic rings. The van der Waals surface area contributed by atoms with Crippen molar-refractivity contribution in [2.75, 3.05) is 33.4 Å². The van der Waals surface area contributed by atoms with Gasteiger partial charge in [0.05, 0.1) is 13.2 Å². The SMILES string of the molecule is CC(C)COc1ccc(CNC(=O)NCc2ccc(OCC(C)C)cc2)cc1.CN1CCC(NCc2ccc(F)cc2)CC1. The van der Waals surface area contributed by atoms with Gasteiger partial charge in [0.25, 0.3) is 0 Å². The molecular weight excluding hydrogens is 555 g/mol. The Balaban J connectivity index is 0.000000278. The predicted molar refractivity (Wildman–Crippen MR) is 176 cm³/mol. The molecule has 2 amide bonds. The topological polar surface area (TPSA) is 74.9 Å². The third-order valence-corrected chi connectivity index (χ3v) is 7.15. The number of nitrogens with one attached hydrogen (secondary N) is 3. The molecule has 4 rings (SSSR count). The fraction of sp³-hybridized carbons (Fsp3) is 0.472. The van der Waals surface area contributed by atoms with Crippen LogP contribution in [0.3, 0.4) is 0 Å². The van der Waals surface area contributed by atoms with E-state index in [1.165, 1.54) is 38.1 Å². The van der Waals surface area contributed by atoms with Crippen molar-refractivity contribution < 1.29 is 18.7 Å². The van der Waals surface area contributed by atoms with Gasteiger partial charge in [0.15, 0.2) is 0 Å². The van der Waals surface area contributed by atoms with Crippen molar-refractivity contribution >= 4 is 6.03 Å². The summed E-state index contributed by atoms with van der Waals surface area (Å²) in [5.74, 6) is 2.52. The van der Waals surface area contributed by atoms with E-state index in [0.29, 0.717) is 44.2 Å². The van der Waals surface area contributed by atoms with E-state index in [1.807, 2.05) is 60.7 Å². The molecule has 7 nitrogen and oxygen atoms in total. The molecule has 3 N–H and O–H groups in total. The number of hydrogen-bond donors (Lipinski definition) is 3. The molecule has 0 spiro atoms. The number of likely N-dealkylation sites (tertiary alicyclic amines) is 1. The van der Waals surface area contributed by atoms with Crippen molar-refractivity contribution in [1.82, 2.24) is 20.9 Å². The lowest BCUT2D eigenvalue weighted by molar-refractivity contribution is 0.234. The highest BCUT2D eigenvalue weighted by molar-refractivity contribution is 5.73. The van der Waals surface area contributed by atoms with Crippen molar-refractivity contribution in [3.05, 3.63) is 95.3 Å². The number of halogens is 1. The Bertz CT molecular complexity index is 1150. The maximum atomic E-state index is 12.7. The van der Waals surface area contributed by atoms with E-state index in [1.54, 1.807) is 0 Å². The van der Waals surface area contributed by atoms with Gasteiger partial charge in [0.1, 0.15) is 17.3 Å². The molecular formula is C36H51FN4O3. The monoisotopic (exact) mass is 606 g/mol. The maximum absolute atomic E-state index is 12.7. The van der Waals surface area contributed by atoms with Gasteiger partial charge in [-0.05, 0) is 97.9 Å². The minimum Gasteiger partial charge on any atom is -0.493 e. The molecule has 8 heteroatoms. The van der Waals surface area contributed by atoms with E-state index in [4.69, 9.17) is 9.47 Å². The van der Waals surface area contributed by atoms with Crippen LogP contribution in [0.2, 0.25) is 0 Å². The van der Waals surface area contributed by atoms with Crippen molar-refractivity contribution in [3.8, 4) is 11.5 Å². The van der Waals surface area contributed by atoms with Crippen molar-refractivity contribution in [2.45, 2.75) is 66.2 Å². The molecule has 240 valence electrons. The van der Waals surface area contributed by atoms with Gasteiger partial charge < -0.3 is 30.3 Å². The highest BCUT2D eigenvalue weighted by Gasteiger charge is 2.15. The summed E-state index contributed by atoms with van der Waals surface area (Å²) in [4.78, 5) is 14.4. The first-order chi connectivity index (χ1) is 21.2. The molecule has 0 saturated carbocycles. The summed E-state index contributed by atoms with van der Waals surface area (Å²) < 4.78 is 24.0. The third kappa shape index (κ3) is 14.2.